The maximum Gasteiger partial charge on any atom is 0.231 e. The van der Waals surface area contributed by atoms with Crippen molar-refractivity contribution >= 4 is 0 Å². The van der Waals surface area contributed by atoms with Crippen molar-refractivity contribution in [3.05, 3.63) is 11.7 Å². The van der Waals surface area contributed by atoms with E-state index in [0.29, 0.717) is 11.8 Å². The lowest BCUT2D eigenvalue weighted by atomic mass is 10.1. The smallest absolute Gasteiger partial charge is 0.231 e. The van der Waals surface area contributed by atoms with Crippen LogP contribution in [0.25, 0.3) is 0 Å². The number of rotatable bonds is 2. The number of aromatic nitrogens is 2. The van der Waals surface area contributed by atoms with Crippen LogP contribution in [0.15, 0.2) is 4.52 Å². The summed E-state index contributed by atoms with van der Waals surface area (Å²) in [5, 5.41) is 4.02. The Morgan fingerprint density at radius 2 is 2.07 bits per heavy atom. The molecule has 2 N–H and O–H groups in total. The normalized spacial score (nSPS) is 32.4. The van der Waals surface area contributed by atoms with Gasteiger partial charge in [0.2, 0.25) is 5.89 Å². The van der Waals surface area contributed by atoms with Crippen molar-refractivity contribution in [2.45, 2.75) is 50.0 Å². The number of hydrogen-bond donors (Lipinski definition) is 1. The van der Waals surface area contributed by atoms with Crippen LogP contribution < -0.4 is 5.73 Å². The fraction of sp³-hybridized carbons (Fsp3) is 0.800. The third kappa shape index (κ3) is 1.34. The molecule has 1 aromatic rings. The van der Waals surface area contributed by atoms with Crippen molar-refractivity contribution in [2.24, 2.45) is 5.73 Å². The number of hydrogen-bond acceptors (Lipinski definition) is 4. The molecule has 0 spiro atoms. The Bertz CT molecular complexity index is 332. The van der Waals surface area contributed by atoms with E-state index in [1.165, 1.54) is 19.3 Å². The van der Waals surface area contributed by atoms with Crippen LogP contribution in [0.3, 0.4) is 0 Å². The Kier molecular flexibility index (Phi) is 1.83. The molecule has 1 heterocycles. The molecule has 2 atom stereocenters. The monoisotopic (exact) mass is 193 g/mol. The van der Waals surface area contributed by atoms with E-state index in [0.717, 1.165) is 24.6 Å². The van der Waals surface area contributed by atoms with Crippen LogP contribution in [0.4, 0.5) is 0 Å². The third-order valence-electron chi connectivity index (χ3n) is 3.29. The lowest BCUT2D eigenvalue weighted by Crippen LogP contribution is -2.22. The first-order valence-corrected chi connectivity index (χ1v) is 5.43. The highest BCUT2D eigenvalue weighted by atomic mass is 16.5. The van der Waals surface area contributed by atoms with Crippen LogP contribution in [-0.4, -0.2) is 16.2 Å². The summed E-state index contributed by atoms with van der Waals surface area (Å²) < 4.78 is 5.28. The summed E-state index contributed by atoms with van der Waals surface area (Å²) in [6.45, 7) is 0. The Balaban J connectivity index is 1.81. The topological polar surface area (TPSA) is 64.9 Å². The van der Waals surface area contributed by atoms with Crippen molar-refractivity contribution < 1.29 is 4.52 Å². The maximum atomic E-state index is 5.98. The molecule has 0 radical (unpaired) electrons. The quantitative estimate of drug-likeness (QED) is 0.773. The fourth-order valence-electron chi connectivity index (χ4n) is 2.20. The molecule has 1 aromatic heterocycles. The van der Waals surface area contributed by atoms with E-state index in [-0.39, 0.29) is 6.04 Å². The second kappa shape index (κ2) is 3.05. The number of nitrogens with two attached hydrogens (primary N) is 1. The summed E-state index contributed by atoms with van der Waals surface area (Å²) >= 11 is 0. The zero-order valence-electron chi connectivity index (χ0n) is 8.15. The SMILES string of the molecule is N[C@@H]1CCC[C@@H]1c1nc(C2CC2)no1. The number of nitrogens with zero attached hydrogens (tertiary/aromatic N) is 2. The van der Waals surface area contributed by atoms with Gasteiger partial charge in [-0.05, 0) is 25.7 Å². The van der Waals surface area contributed by atoms with Crippen LogP contribution >= 0.6 is 0 Å². The third-order valence-corrected chi connectivity index (χ3v) is 3.29. The minimum atomic E-state index is 0.225. The summed E-state index contributed by atoms with van der Waals surface area (Å²) in [6, 6.07) is 0.225. The van der Waals surface area contributed by atoms with E-state index in [1.807, 2.05) is 0 Å². The molecule has 76 valence electrons. The van der Waals surface area contributed by atoms with Crippen LogP contribution in [-0.2, 0) is 0 Å². The predicted octanol–water partition coefficient (Wildman–Crippen LogP) is 1.54. The maximum absolute atomic E-state index is 5.98. The van der Waals surface area contributed by atoms with Gasteiger partial charge in [-0.1, -0.05) is 11.6 Å². The molecule has 4 nitrogen and oxygen atoms in total. The highest BCUT2D eigenvalue weighted by Gasteiger charge is 2.33. The Labute approximate surface area is 82.9 Å². The molecule has 0 saturated heterocycles. The average Bonchev–Trinajstić information content (AvgIpc) is 2.75. The molecule has 0 aromatic carbocycles. The largest absolute Gasteiger partial charge is 0.339 e. The van der Waals surface area contributed by atoms with E-state index in [9.17, 15) is 0 Å². The molecule has 0 bridgehead atoms. The zero-order valence-corrected chi connectivity index (χ0v) is 8.15. The van der Waals surface area contributed by atoms with Gasteiger partial charge in [0.1, 0.15) is 0 Å². The van der Waals surface area contributed by atoms with Gasteiger partial charge in [-0.25, -0.2) is 0 Å². The van der Waals surface area contributed by atoms with Crippen molar-refractivity contribution in [1.82, 2.24) is 10.1 Å². The predicted molar refractivity (Wildman–Crippen MR) is 50.8 cm³/mol. The van der Waals surface area contributed by atoms with E-state index in [2.05, 4.69) is 10.1 Å². The molecular weight excluding hydrogens is 178 g/mol. The Morgan fingerprint density at radius 1 is 1.21 bits per heavy atom. The molecule has 2 aliphatic rings. The molecule has 0 aliphatic heterocycles. The van der Waals surface area contributed by atoms with Gasteiger partial charge in [-0.2, -0.15) is 4.98 Å². The minimum Gasteiger partial charge on any atom is -0.339 e. The highest BCUT2D eigenvalue weighted by Crippen LogP contribution is 2.39. The van der Waals surface area contributed by atoms with Gasteiger partial charge in [-0.15, -0.1) is 0 Å². The molecule has 2 saturated carbocycles. The molecule has 0 amide bonds. The standard InChI is InChI=1S/C10H15N3O/c11-8-3-1-2-7(8)10-12-9(13-14-10)6-4-5-6/h6-8H,1-5,11H2/t7-,8+/m0/s1. The molecule has 0 unspecified atom stereocenters. The molecular formula is C10H15N3O. The van der Waals surface area contributed by atoms with Gasteiger partial charge in [0.15, 0.2) is 5.82 Å². The zero-order chi connectivity index (χ0) is 9.54. The van der Waals surface area contributed by atoms with Crippen LogP contribution in [0.1, 0.15) is 55.7 Å². The summed E-state index contributed by atoms with van der Waals surface area (Å²) in [5.74, 6) is 2.57. The van der Waals surface area contributed by atoms with Gasteiger partial charge in [0.25, 0.3) is 0 Å². The van der Waals surface area contributed by atoms with Gasteiger partial charge >= 0.3 is 0 Å². The van der Waals surface area contributed by atoms with Crippen LogP contribution in [0, 0.1) is 0 Å². The minimum absolute atomic E-state index is 0.225. The lowest BCUT2D eigenvalue weighted by molar-refractivity contribution is 0.341. The van der Waals surface area contributed by atoms with Gasteiger partial charge < -0.3 is 10.3 Å². The van der Waals surface area contributed by atoms with Gasteiger partial charge in [0.05, 0.1) is 5.92 Å². The molecule has 2 fully saturated rings. The Morgan fingerprint density at radius 3 is 2.71 bits per heavy atom. The molecule has 14 heavy (non-hydrogen) atoms. The van der Waals surface area contributed by atoms with Crippen LogP contribution in [0.2, 0.25) is 0 Å². The lowest BCUT2D eigenvalue weighted by Gasteiger charge is -2.08. The summed E-state index contributed by atoms with van der Waals surface area (Å²) in [4.78, 5) is 4.45. The summed E-state index contributed by atoms with van der Waals surface area (Å²) in [5.41, 5.74) is 5.98. The van der Waals surface area contributed by atoms with E-state index < -0.39 is 0 Å². The van der Waals surface area contributed by atoms with Crippen LogP contribution in [0.5, 0.6) is 0 Å². The van der Waals surface area contributed by atoms with Crippen molar-refractivity contribution in [3.8, 4) is 0 Å². The van der Waals surface area contributed by atoms with E-state index in [1.54, 1.807) is 0 Å². The molecule has 4 heteroatoms. The van der Waals surface area contributed by atoms with Crippen molar-refractivity contribution in [3.63, 3.8) is 0 Å². The van der Waals surface area contributed by atoms with E-state index in [4.69, 9.17) is 10.3 Å². The molecule has 2 aliphatic carbocycles. The van der Waals surface area contributed by atoms with Crippen molar-refractivity contribution in [1.29, 1.82) is 0 Å². The van der Waals surface area contributed by atoms with E-state index >= 15 is 0 Å². The van der Waals surface area contributed by atoms with Gasteiger partial charge in [0, 0.05) is 12.0 Å². The first kappa shape index (κ1) is 8.41. The Hall–Kier alpha value is -0.900. The first-order valence-electron chi connectivity index (χ1n) is 5.43. The van der Waals surface area contributed by atoms with Crippen molar-refractivity contribution in [2.75, 3.05) is 0 Å². The second-order valence-electron chi connectivity index (χ2n) is 4.47. The fourth-order valence-corrected chi connectivity index (χ4v) is 2.20. The second-order valence-corrected chi connectivity index (χ2v) is 4.47. The van der Waals surface area contributed by atoms with Gasteiger partial charge in [-0.3, -0.25) is 0 Å². The average molecular weight is 193 g/mol. The molecule has 3 rings (SSSR count). The summed E-state index contributed by atoms with van der Waals surface area (Å²) in [6.07, 6.45) is 5.82. The first-order chi connectivity index (χ1) is 6.84. The summed E-state index contributed by atoms with van der Waals surface area (Å²) in [7, 11) is 0. The highest BCUT2D eigenvalue weighted by molar-refractivity contribution is 5.07.